The number of aliphatic hydroxyl groups excluding tert-OH is 5. The molecule has 0 bridgehead atoms. The Labute approximate surface area is 126 Å². The van der Waals surface area contributed by atoms with Crippen molar-refractivity contribution in [2.75, 3.05) is 6.61 Å². The molecule has 1 fully saturated rings. The first-order valence-electron chi connectivity index (χ1n) is 7.17. The van der Waals surface area contributed by atoms with Gasteiger partial charge in [-0.1, -0.05) is 12.2 Å². The van der Waals surface area contributed by atoms with Crippen molar-refractivity contribution in [2.45, 2.75) is 43.1 Å². The normalized spacial score (nSPS) is 50.7. The van der Waals surface area contributed by atoms with Crippen LogP contribution in [0, 0.1) is 11.8 Å². The summed E-state index contributed by atoms with van der Waals surface area (Å²) in [5, 5.41) is 48.4. The molecule has 9 unspecified atom stereocenters. The number of ether oxygens (including phenoxy) is 3. The Balaban J connectivity index is 1.70. The van der Waals surface area contributed by atoms with Gasteiger partial charge >= 0.3 is 0 Å². The highest BCUT2D eigenvalue weighted by Gasteiger charge is 2.47. The molecule has 0 radical (unpaired) electrons. The molecule has 0 spiro atoms. The maximum Gasteiger partial charge on any atom is 0.208 e. The lowest BCUT2D eigenvalue weighted by molar-refractivity contribution is -0.339. The molecule has 22 heavy (non-hydrogen) atoms. The zero-order valence-corrected chi connectivity index (χ0v) is 11.7. The van der Waals surface area contributed by atoms with E-state index in [0.29, 0.717) is 0 Å². The molecule has 3 rings (SSSR count). The second kappa shape index (κ2) is 6.25. The number of aliphatic hydroxyl groups is 5. The van der Waals surface area contributed by atoms with Crippen LogP contribution in [-0.2, 0) is 14.2 Å². The minimum atomic E-state index is -1.50. The van der Waals surface area contributed by atoms with Crippen molar-refractivity contribution in [3.05, 3.63) is 24.5 Å². The molecule has 2 aliphatic heterocycles. The molecule has 5 N–H and O–H groups in total. The Hall–Kier alpha value is -1.00. The molecule has 8 nitrogen and oxygen atoms in total. The van der Waals surface area contributed by atoms with Crippen LogP contribution in [0.5, 0.6) is 0 Å². The molecule has 0 amide bonds. The molecule has 1 saturated heterocycles. The SMILES string of the molecule is OCC1OC(OC2OC=CC3C(O)C=CC23)C(O)C(O)C1O. The van der Waals surface area contributed by atoms with Crippen molar-refractivity contribution in [3.8, 4) is 0 Å². The van der Waals surface area contributed by atoms with Crippen LogP contribution in [0.15, 0.2) is 24.5 Å². The van der Waals surface area contributed by atoms with Gasteiger partial charge in [-0.2, -0.15) is 0 Å². The number of hydrogen-bond donors (Lipinski definition) is 5. The van der Waals surface area contributed by atoms with Gasteiger partial charge in [0.1, 0.15) is 24.4 Å². The molecule has 0 aromatic rings. The zero-order valence-electron chi connectivity index (χ0n) is 11.7. The molecule has 0 aromatic heterocycles. The summed E-state index contributed by atoms with van der Waals surface area (Å²) < 4.78 is 16.2. The molecule has 9 atom stereocenters. The van der Waals surface area contributed by atoms with E-state index in [0.717, 1.165) is 0 Å². The van der Waals surface area contributed by atoms with Crippen LogP contribution in [0.3, 0.4) is 0 Å². The summed E-state index contributed by atoms with van der Waals surface area (Å²) in [6.45, 7) is -0.527. The Kier molecular flexibility index (Phi) is 4.51. The summed E-state index contributed by atoms with van der Waals surface area (Å²) >= 11 is 0. The third kappa shape index (κ3) is 2.67. The molecule has 2 heterocycles. The van der Waals surface area contributed by atoms with Crippen LogP contribution < -0.4 is 0 Å². The minimum absolute atomic E-state index is 0.191. The van der Waals surface area contributed by atoms with Gasteiger partial charge in [-0.25, -0.2) is 0 Å². The lowest BCUT2D eigenvalue weighted by Gasteiger charge is -2.42. The van der Waals surface area contributed by atoms with Crippen LogP contribution in [0.4, 0.5) is 0 Å². The highest BCUT2D eigenvalue weighted by Crippen LogP contribution is 2.36. The largest absolute Gasteiger partial charge is 0.472 e. The van der Waals surface area contributed by atoms with E-state index in [1.54, 1.807) is 18.2 Å². The van der Waals surface area contributed by atoms with Gasteiger partial charge in [0, 0.05) is 11.8 Å². The van der Waals surface area contributed by atoms with Gasteiger partial charge in [0.05, 0.1) is 19.0 Å². The lowest BCUT2D eigenvalue weighted by atomic mass is 9.92. The second-order valence-electron chi connectivity index (χ2n) is 5.70. The van der Waals surface area contributed by atoms with E-state index >= 15 is 0 Å². The minimum Gasteiger partial charge on any atom is -0.472 e. The van der Waals surface area contributed by atoms with Gasteiger partial charge in [0.25, 0.3) is 0 Å². The quantitative estimate of drug-likeness (QED) is 0.372. The molecule has 3 aliphatic rings. The van der Waals surface area contributed by atoms with Gasteiger partial charge in [-0.15, -0.1) is 0 Å². The smallest absolute Gasteiger partial charge is 0.208 e. The van der Waals surface area contributed by atoms with Gasteiger partial charge < -0.3 is 39.7 Å². The van der Waals surface area contributed by atoms with Crippen molar-refractivity contribution >= 4 is 0 Å². The monoisotopic (exact) mass is 316 g/mol. The zero-order chi connectivity index (χ0) is 15.9. The number of hydrogen-bond acceptors (Lipinski definition) is 8. The summed E-state index contributed by atoms with van der Waals surface area (Å²) in [5.74, 6) is -0.448. The summed E-state index contributed by atoms with van der Waals surface area (Å²) in [6, 6.07) is 0. The van der Waals surface area contributed by atoms with Crippen molar-refractivity contribution in [3.63, 3.8) is 0 Å². The highest BCUT2D eigenvalue weighted by atomic mass is 16.8. The summed E-state index contributed by atoms with van der Waals surface area (Å²) in [6.07, 6.45) is -1.65. The van der Waals surface area contributed by atoms with Crippen molar-refractivity contribution in [1.82, 2.24) is 0 Å². The Bertz CT molecular complexity index is 450. The van der Waals surface area contributed by atoms with Crippen LogP contribution >= 0.6 is 0 Å². The highest BCUT2D eigenvalue weighted by molar-refractivity contribution is 5.15. The van der Waals surface area contributed by atoms with E-state index in [1.807, 2.05) is 0 Å². The van der Waals surface area contributed by atoms with Gasteiger partial charge in [0.15, 0.2) is 6.29 Å². The van der Waals surface area contributed by atoms with E-state index in [9.17, 15) is 20.4 Å². The maximum atomic E-state index is 9.96. The predicted octanol–water partition coefficient (Wildman–Crippen LogP) is -2.16. The first kappa shape index (κ1) is 15.9. The number of rotatable bonds is 3. The predicted molar refractivity (Wildman–Crippen MR) is 71.0 cm³/mol. The molecule has 0 aromatic carbocycles. The average Bonchev–Trinajstić information content (AvgIpc) is 2.90. The fourth-order valence-corrected chi connectivity index (χ4v) is 2.98. The van der Waals surface area contributed by atoms with Crippen molar-refractivity contribution in [2.24, 2.45) is 11.8 Å². The van der Waals surface area contributed by atoms with Crippen LogP contribution in [0.2, 0.25) is 0 Å². The third-order valence-electron chi connectivity index (χ3n) is 4.31. The topological polar surface area (TPSA) is 129 Å². The van der Waals surface area contributed by atoms with Gasteiger partial charge in [0.2, 0.25) is 6.29 Å². The van der Waals surface area contributed by atoms with Crippen LogP contribution in [0.1, 0.15) is 0 Å². The first-order chi connectivity index (χ1) is 10.5. The summed E-state index contributed by atoms with van der Waals surface area (Å²) in [7, 11) is 0. The third-order valence-corrected chi connectivity index (χ3v) is 4.31. The summed E-state index contributed by atoms with van der Waals surface area (Å²) in [4.78, 5) is 0. The fraction of sp³-hybridized carbons (Fsp3) is 0.714. The van der Waals surface area contributed by atoms with E-state index in [4.69, 9.17) is 19.3 Å². The molecule has 124 valence electrons. The van der Waals surface area contributed by atoms with E-state index in [-0.39, 0.29) is 11.8 Å². The van der Waals surface area contributed by atoms with E-state index < -0.39 is 49.7 Å². The van der Waals surface area contributed by atoms with Crippen molar-refractivity contribution < 1.29 is 39.7 Å². The maximum absolute atomic E-state index is 9.96. The standard InChI is InChI=1S/C14H20O8/c15-5-9-10(17)11(18)12(19)14(21-9)22-13-7-1-2-8(16)6(7)3-4-20-13/h1-4,6-19H,5H2. The molecule has 0 saturated carbocycles. The lowest BCUT2D eigenvalue weighted by Crippen LogP contribution is -2.60. The average molecular weight is 316 g/mol. The second-order valence-corrected chi connectivity index (χ2v) is 5.70. The number of fused-ring (bicyclic) bond motifs is 1. The Morgan fingerprint density at radius 2 is 1.64 bits per heavy atom. The van der Waals surface area contributed by atoms with Crippen LogP contribution in [0.25, 0.3) is 0 Å². The Morgan fingerprint density at radius 3 is 2.36 bits per heavy atom. The molecular formula is C14H20O8. The van der Waals surface area contributed by atoms with Crippen molar-refractivity contribution in [1.29, 1.82) is 0 Å². The van der Waals surface area contributed by atoms with Crippen LogP contribution in [-0.4, -0.2) is 75.2 Å². The summed E-state index contributed by atoms with van der Waals surface area (Å²) in [5.41, 5.74) is 0. The molecule has 8 heteroatoms. The molecular weight excluding hydrogens is 296 g/mol. The first-order valence-corrected chi connectivity index (χ1v) is 7.17. The van der Waals surface area contributed by atoms with E-state index in [2.05, 4.69) is 0 Å². The van der Waals surface area contributed by atoms with Gasteiger partial charge in [-0.3, -0.25) is 0 Å². The van der Waals surface area contributed by atoms with Gasteiger partial charge in [-0.05, 0) is 6.08 Å². The fourth-order valence-electron chi connectivity index (χ4n) is 2.98. The Morgan fingerprint density at radius 1 is 0.864 bits per heavy atom. The molecule has 1 aliphatic carbocycles. The van der Waals surface area contributed by atoms with E-state index in [1.165, 1.54) is 6.26 Å².